The number of methoxy groups -OCH3 is 1. The summed E-state index contributed by atoms with van der Waals surface area (Å²) in [4.78, 5) is 11.5. The van der Waals surface area contributed by atoms with Crippen LogP contribution < -0.4 is 5.32 Å². The molecule has 0 aliphatic rings. The maximum Gasteiger partial charge on any atom is 0.310 e. The molecule has 3 heteroatoms. The lowest BCUT2D eigenvalue weighted by Crippen LogP contribution is -2.07. The maximum atomic E-state index is 11.5. The molecule has 20 heavy (non-hydrogen) atoms. The largest absolute Gasteiger partial charge is 0.469 e. The normalized spacial score (nSPS) is 10.2. The van der Waals surface area contributed by atoms with Crippen molar-refractivity contribution in [2.24, 2.45) is 0 Å². The zero-order valence-corrected chi connectivity index (χ0v) is 12.1. The molecule has 0 aliphatic heterocycles. The second-order valence-electron chi connectivity index (χ2n) is 4.78. The van der Waals surface area contributed by atoms with Gasteiger partial charge in [0.05, 0.1) is 13.5 Å². The third-order valence-corrected chi connectivity index (χ3v) is 3.45. The van der Waals surface area contributed by atoms with Crippen LogP contribution in [0.4, 0.5) is 11.4 Å². The number of nitrogens with one attached hydrogen (secondary N) is 1. The van der Waals surface area contributed by atoms with E-state index in [1.165, 1.54) is 18.2 Å². The van der Waals surface area contributed by atoms with Gasteiger partial charge in [0, 0.05) is 11.4 Å². The van der Waals surface area contributed by atoms with Crippen LogP contribution in [0.15, 0.2) is 42.5 Å². The fourth-order valence-corrected chi connectivity index (χ4v) is 2.06. The van der Waals surface area contributed by atoms with Gasteiger partial charge in [-0.25, -0.2) is 0 Å². The van der Waals surface area contributed by atoms with Gasteiger partial charge in [0.25, 0.3) is 0 Å². The first kappa shape index (κ1) is 14.1. The number of hydrogen-bond acceptors (Lipinski definition) is 3. The number of ether oxygens (including phenoxy) is 1. The van der Waals surface area contributed by atoms with E-state index in [2.05, 4.69) is 25.2 Å². The van der Waals surface area contributed by atoms with Crippen LogP contribution in [0.3, 0.4) is 0 Å². The molecule has 0 radical (unpaired) electrons. The summed E-state index contributed by atoms with van der Waals surface area (Å²) in [6, 6.07) is 13.9. The van der Waals surface area contributed by atoms with Gasteiger partial charge in [0.1, 0.15) is 0 Å². The summed E-state index contributed by atoms with van der Waals surface area (Å²) in [7, 11) is 1.41. The molecule has 0 spiro atoms. The summed E-state index contributed by atoms with van der Waals surface area (Å²) in [5.74, 6) is -0.236. The molecule has 1 N–H and O–H groups in total. The molecule has 2 aromatic rings. The Bertz CT molecular complexity index is 620. The molecule has 2 rings (SSSR count). The molecule has 0 unspecified atom stereocenters. The molecule has 104 valence electrons. The minimum atomic E-state index is -0.236. The van der Waals surface area contributed by atoms with Crippen LogP contribution in [0.25, 0.3) is 0 Å². The summed E-state index contributed by atoms with van der Waals surface area (Å²) in [6.07, 6.45) is 0.268. The van der Waals surface area contributed by atoms with Crippen LogP contribution in [0.5, 0.6) is 0 Å². The predicted octanol–water partition coefficient (Wildman–Crippen LogP) is 3.76. The number of hydrogen-bond donors (Lipinski definition) is 1. The highest BCUT2D eigenvalue weighted by Crippen LogP contribution is 2.25. The Morgan fingerprint density at radius 3 is 2.50 bits per heavy atom. The molecule has 0 aromatic heterocycles. The van der Waals surface area contributed by atoms with E-state index in [0.29, 0.717) is 0 Å². The van der Waals surface area contributed by atoms with Crippen LogP contribution in [0.2, 0.25) is 0 Å². The third kappa shape index (κ3) is 3.18. The smallest absolute Gasteiger partial charge is 0.310 e. The van der Waals surface area contributed by atoms with Gasteiger partial charge in [-0.1, -0.05) is 30.3 Å². The quantitative estimate of drug-likeness (QED) is 0.859. The Hall–Kier alpha value is -2.29. The number of anilines is 2. The predicted molar refractivity (Wildman–Crippen MR) is 81.4 cm³/mol. The van der Waals surface area contributed by atoms with Crippen molar-refractivity contribution in [3.05, 3.63) is 59.2 Å². The Morgan fingerprint density at radius 2 is 1.75 bits per heavy atom. The monoisotopic (exact) mass is 269 g/mol. The molecule has 0 fully saturated rings. The highest BCUT2D eigenvalue weighted by Gasteiger charge is 2.09. The van der Waals surface area contributed by atoms with Crippen molar-refractivity contribution < 1.29 is 9.53 Å². The van der Waals surface area contributed by atoms with Gasteiger partial charge in [-0.15, -0.1) is 0 Å². The lowest BCUT2D eigenvalue weighted by molar-refractivity contribution is -0.139. The van der Waals surface area contributed by atoms with Crippen molar-refractivity contribution in [1.82, 2.24) is 0 Å². The van der Waals surface area contributed by atoms with Gasteiger partial charge in [0.15, 0.2) is 0 Å². The minimum absolute atomic E-state index is 0.236. The number of carbonyl (C=O) groups excluding carboxylic acids is 1. The van der Waals surface area contributed by atoms with Gasteiger partial charge >= 0.3 is 5.97 Å². The van der Waals surface area contributed by atoms with E-state index in [-0.39, 0.29) is 12.4 Å². The van der Waals surface area contributed by atoms with Gasteiger partial charge in [-0.05, 0) is 42.7 Å². The standard InChI is InChI=1S/C17H19NO2/c1-12-7-6-10-15(13(12)2)18-16-9-5-4-8-14(16)11-17(19)20-3/h4-10,18H,11H2,1-3H3. The lowest BCUT2D eigenvalue weighted by atomic mass is 10.1. The summed E-state index contributed by atoms with van der Waals surface area (Å²) >= 11 is 0. The number of aryl methyl sites for hydroxylation is 1. The van der Waals surface area contributed by atoms with E-state index in [1.54, 1.807) is 0 Å². The fourth-order valence-electron chi connectivity index (χ4n) is 2.06. The Morgan fingerprint density at radius 1 is 1.05 bits per heavy atom. The average Bonchev–Trinajstić information content (AvgIpc) is 2.45. The van der Waals surface area contributed by atoms with Crippen LogP contribution >= 0.6 is 0 Å². The third-order valence-electron chi connectivity index (χ3n) is 3.45. The number of esters is 1. The molecule has 0 saturated heterocycles. The molecule has 0 heterocycles. The zero-order chi connectivity index (χ0) is 14.5. The first-order chi connectivity index (χ1) is 9.61. The van der Waals surface area contributed by atoms with Gasteiger partial charge in [-0.3, -0.25) is 4.79 Å². The van der Waals surface area contributed by atoms with Crippen LogP contribution in [-0.4, -0.2) is 13.1 Å². The second kappa shape index (κ2) is 6.24. The van der Waals surface area contributed by atoms with Crippen LogP contribution in [0, 0.1) is 13.8 Å². The number of para-hydroxylation sites is 1. The first-order valence-corrected chi connectivity index (χ1v) is 6.59. The molecule has 3 nitrogen and oxygen atoms in total. The molecule has 0 amide bonds. The Kier molecular flexibility index (Phi) is 4.41. The van der Waals surface area contributed by atoms with Crippen LogP contribution in [-0.2, 0) is 16.0 Å². The van der Waals surface area contributed by atoms with Crippen molar-refractivity contribution in [3.8, 4) is 0 Å². The second-order valence-corrected chi connectivity index (χ2v) is 4.78. The number of benzene rings is 2. The molecule has 0 saturated carbocycles. The van der Waals surface area contributed by atoms with Crippen molar-refractivity contribution in [3.63, 3.8) is 0 Å². The van der Waals surface area contributed by atoms with Gasteiger partial charge in [-0.2, -0.15) is 0 Å². The van der Waals surface area contributed by atoms with Crippen molar-refractivity contribution in [2.75, 3.05) is 12.4 Å². The zero-order valence-electron chi connectivity index (χ0n) is 12.1. The molecular formula is C17H19NO2. The van der Waals surface area contributed by atoms with E-state index >= 15 is 0 Å². The molecular weight excluding hydrogens is 250 g/mol. The lowest BCUT2D eigenvalue weighted by Gasteiger charge is -2.14. The Labute approximate surface area is 119 Å². The topological polar surface area (TPSA) is 38.3 Å². The maximum absolute atomic E-state index is 11.5. The molecule has 2 aromatic carbocycles. The molecule has 0 aliphatic carbocycles. The van der Waals surface area contributed by atoms with E-state index < -0.39 is 0 Å². The fraction of sp³-hybridized carbons (Fsp3) is 0.235. The van der Waals surface area contributed by atoms with E-state index in [0.717, 1.165) is 16.9 Å². The molecule has 0 bridgehead atoms. The van der Waals surface area contributed by atoms with E-state index in [9.17, 15) is 4.79 Å². The summed E-state index contributed by atoms with van der Waals surface area (Å²) in [5.41, 5.74) is 5.37. The highest BCUT2D eigenvalue weighted by atomic mass is 16.5. The average molecular weight is 269 g/mol. The minimum Gasteiger partial charge on any atom is -0.469 e. The summed E-state index contributed by atoms with van der Waals surface area (Å²) in [6.45, 7) is 4.17. The number of rotatable bonds is 4. The van der Waals surface area contributed by atoms with Crippen molar-refractivity contribution in [1.29, 1.82) is 0 Å². The number of carbonyl (C=O) groups is 1. The van der Waals surface area contributed by atoms with Gasteiger partial charge < -0.3 is 10.1 Å². The SMILES string of the molecule is COC(=O)Cc1ccccc1Nc1cccc(C)c1C. The van der Waals surface area contributed by atoms with E-state index in [1.807, 2.05) is 36.4 Å². The molecule has 0 atom stereocenters. The summed E-state index contributed by atoms with van der Waals surface area (Å²) < 4.78 is 4.74. The van der Waals surface area contributed by atoms with Gasteiger partial charge in [0.2, 0.25) is 0 Å². The van der Waals surface area contributed by atoms with Crippen molar-refractivity contribution in [2.45, 2.75) is 20.3 Å². The Balaban J connectivity index is 2.29. The summed E-state index contributed by atoms with van der Waals surface area (Å²) in [5, 5.41) is 3.40. The highest BCUT2D eigenvalue weighted by molar-refractivity contribution is 5.77. The van der Waals surface area contributed by atoms with E-state index in [4.69, 9.17) is 4.74 Å². The van der Waals surface area contributed by atoms with Crippen LogP contribution in [0.1, 0.15) is 16.7 Å². The first-order valence-electron chi connectivity index (χ1n) is 6.59. The van der Waals surface area contributed by atoms with Crippen molar-refractivity contribution >= 4 is 17.3 Å².